The number of rotatable bonds is 5. The number of aliphatic hydroxyl groups excluding tert-OH is 1. The molecule has 1 aromatic heterocycles. The average Bonchev–Trinajstić information content (AvgIpc) is 2.94. The van der Waals surface area contributed by atoms with Gasteiger partial charge >= 0.3 is 0 Å². The molecule has 0 radical (unpaired) electrons. The van der Waals surface area contributed by atoms with Gasteiger partial charge in [-0.3, -0.25) is 0 Å². The second kappa shape index (κ2) is 6.86. The quantitative estimate of drug-likeness (QED) is 0.880. The first-order chi connectivity index (χ1) is 10.3. The van der Waals surface area contributed by atoms with E-state index in [9.17, 15) is 9.50 Å². The minimum Gasteiger partial charge on any atom is -0.387 e. The molecule has 0 fully saturated rings. The molecule has 0 amide bonds. The standard InChI is InChI=1S/C17H23FN2OS/c1-11(15(21)12-5-7-13(18)8-6-12)19-9-14-10-22-16(20-14)17(2,3)4/h5-8,10-11,15,19,21H,9H2,1-4H3. The molecule has 3 nitrogen and oxygen atoms in total. The zero-order valence-corrected chi connectivity index (χ0v) is 14.2. The van der Waals surface area contributed by atoms with Crippen molar-refractivity contribution >= 4 is 11.3 Å². The van der Waals surface area contributed by atoms with Crippen molar-refractivity contribution in [2.45, 2.75) is 51.8 Å². The maximum absolute atomic E-state index is 12.9. The fourth-order valence-corrected chi connectivity index (χ4v) is 2.97. The van der Waals surface area contributed by atoms with Gasteiger partial charge in [0.05, 0.1) is 16.8 Å². The van der Waals surface area contributed by atoms with E-state index in [4.69, 9.17) is 0 Å². The number of benzene rings is 1. The topological polar surface area (TPSA) is 45.2 Å². The summed E-state index contributed by atoms with van der Waals surface area (Å²) >= 11 is 1.66. The summed E-state index contributed by atoms with van der Waals surface area (Å²) in [6.45, 7) is 8.94. The lowest BCUT2D eigenvalue weighted by atomic mass is 9.98. The molecule has 1 heterocycles. The molecule has 2 aromatic rings. The van der Waals surface area contributed by atoms with Gasteiger partial charge in [-0.1, -0.05) is 32.9 Å². The molecule has 0 saturated carbocycles. The molecule has 2 rings (SSSR count). The van der Waals surface area contributed by atoms with Gasteiger partial charge in [-0.2, -0.15) is 0 Å². The van der Waals surface area contributed by atoms with Gasteiger partial charge in [0, 0.05) is 23.4 Å². The van der Waals surface area contributed by atoms with Crippen LogP contribution in [0.5, 0.6) is 0 Å². The lowest BCUT2D eigenvalue weighted by Crippen LogP contribution is -2.31. The van der Waals surface area contributed by atoms with Gasteiger partial charge in [0.1, 0.15) is 5.82 Å². The maximum Gasteiger partial charge on any atom is 0.123 e. The van der Waals surface area contributed by atoms with Crippen molar-refractivity contribution in [1.29, 1.82) is 0 Å². The number of nitrogens with one attached hydrogen (secondary N) is 1. The summed E-state index contributed by atoms with van der Waals surface area (Å²) in [5.41, 5.74) is 1.74. The molecule has 0 aliphatic rings. The Balaban J connectivity index is 1.93. The van der Waals surface area contributed by atoms with Crippen LogP contribution in [0, 0.1) is 5.82 Å². The first-order valence-electron chi connectivity index (χ1n) is 7.39. The van der Waals surface area contributed by atoms with Gasteiger partial charge in [0.15, 0.2) is 0 Å². The molecule has 22 heavy (non-hydrogen) atoms. The van der Waals surface area contributed by atoms with Gasteiger partial charge in [-0.15, -0.1) is 11.3 Å². The normalized spacial score (nSPS) is 14.8. The third-order valence-electron chi connectivity index (χ3n) is 3.48. The Morgan fingerprint density at radius 1 is 1.27 bits per heavy atom. The maximum atomic E-state index is 12.9. The van der Waals surface area contributed by atoms with E-state index in [-0.39, 0.29) is 17.3 Å². The van der Waals surface area contributed by atoms with E-state index >= 15 is 0 Å². The van der Waals surface area contributed by atoms with Crippen LogP contribution in [0.1, 0.15) is 50.1 Å². The summed E-state index contributed by atoms with van der Waals surface area (Å²) in [4.78, 5) is 4.62. The summed E-state index contributed by atoms with van der Waals surface area (Å²) in [5, 5.41) is 16.7. The lowest BCUT2D eigenvalue weighted by Gasteiger charge is -2.20. The second-order valence-corrected chi connectivity index (χ2v) is 7.42. The summed E-state index contributed by atoms with van der Waals surface area (Å²) < 4.78 is 12.9. The Kier molecular flexibility index (Phi) is 5.32. The Morgan fingerprint density at radius 2 is 1.91 bits per heavy atom. The van der Waals surface area contributed by atoms with E-state index < -0.39 is 6.10 Å². The van der Waals surface area contributed by atoms with Crippen LogP contribution in [0.15, 0.2) is 29.6 Å². The van der Waals surface area contributed by atoms with Crippen LogP contribution in [-0.4, -0.2) is 16.1 Å². The average molecular weight is 322 g/mol. The number of halogens is 1. The Bertz CT molecular complexity index is 604. The monoisotopic (exact) mass is 322 g/mol. The van der Waals surface area contributed by atoms with Crippen molar-refractivity contribution in [3.8, 4) is 0 Å². The van der Waals surface area contributed by atoms with Crippen molar-refractivity contribution < 1.29 is 9.50 Å². The molecule has 2 unspecified atom stereocenters. The smallest absolute Gasteiger partial charge is 0.123 e. The van der Waals surface area contributed by atoms with Crippen LogP contribution in [-0.2, 0) is 12.0 Å². The van der Waals surface area contributed by atoms with Crippen molar-refractivity contribution in [1.82, 2.24) is 10.3 Å². The van der Waals surface area contributed by atoms with Gasteiger partial charge in [0.25, 0.3) is 0 Å². The largest absolute Gasteiger partial charge is 0.387 e. The van der Waals surface area contributed by atoms with E-state index in [2.05, 4.69) is 31.1 Å². The van der Waals surface area contributed by atoms with E-state index in [1.807, 2.05) is 12.3 Å². The molecule has 1 aromatic carbocycles. The Morgan fingerprint density at radius 3 is 2.45 bits per heavy atom. The van der Waals surface area contributed by atoms with Crippen LogP contribution in [0.2, 0.25) is 0 Å². The summed E-state index contributed by atoms with van der Waals surface area (Å²) in [5.74, 6) is -0.297. The van der Waals surface area contributed by atoms with Crippen molar-refractivity contribution in [3.63, 3.8) is 0 Å². The Hall–Kier alpha value is -1.30. The highest BCUT2D eigenvalue weighted by Crippen LogP contribution is 2.25. The number of aliphatic hydroxyl groups is 1. The number of aromatic nitrogens is 1. The fraction of sp³-hybridized carbons (Fsp3) is 0.471. The van der Waals surface area contributed by atoms with Crippen molar-refractivity contribution in [2.24, 2.45) is 0 Å². The summed E-state index contributed by atoms with van der Waals surface area (Å²) in [6, 6.07) is 5.80. The van der Waals surface area contributed by atoms with Crippen molar-refractivity contribution in [2.75, 3.05) is 0 Å². The van der Waals surface area contributed by atoms with Crippen LogP contribution in [0.4, 0.5) is 4.39 Å². The minimum atomic E-state index is -0.679. The minimum absolute atomic E-state index is 0.0577. The zero-order chi connectivity index (χ0) is 16.3. The van der Waals surface area contributed by atoms with E-state index in [0.29, 0.717) is 12.1 Å². The highest BCUT2D eigenvalue weighted by atomic mass is 32.1. The zero-order valence-electron chi connectivity index (χ0n) is 13.4. The molecule has 0 saturated heterocycles. The molecular weight excluding hydrogens is 299 g/mol. The number of nitrogens with zero attached hydrogens (tertiary/aromatic N) is 1. The predicted molar refractivity (Wildman–Crippen MR) is 88.5 cm³/mol. The van der Waals surface area contributed by atoms with Gasteiger partial charge in [-0.25, -0.2) is 9.37 Å². The van der Waals surface area contributed by atoms with Crippen molar-refractivity contribution in [3.05, 3.63) is 51.7 Å². The van der Waals surface area contributed by atoms with Crippen LogP contribution >= 0.6 is 11.3 Å². The Labute approximate surface area is 135 Å². The highest BCUT2D eigenvalue weighted by molar-refractivity contribution is 7.09. The fourth-order valence-electron chi connectivity index (χ4n) is 2.06. The van der Waals surface area contributed by atoms with Crippen LogP contribution in [0.3, 0.4) is 0 Å². The summed E-state index contributed by atoms with van der Waals surface area (Å²) in [6.07, 6.45) is -0.679. The molecule has 0 spiro atoms. The number of hydrogen-bond acceptors (Lipinski definition) is 4. The SMILES string of the molecule is CC(NCc1csc(C(C)(C)C)n1)C(O)c1ccc(F)cc1. The molecule has 120 valence electrons. The van der Waals surface area contributed by atoms with Gasteiger partial charge in [0.2, 0.25) is 0 Å². The van der Waals surface area contributed by atoms with E-state index in [1.165, 1.54) is 12.1 Å². The highest BCUT2D eigenvalue weighted by Gasteiger charge is 2.19. The van der Waals surface area contributed by atoms with E-state index in [0.717, 1.165) is 10.7 Å². The van der Waals surface area contributed by atoms with Gasteiger partial charge < -0.3 is 10.4 Å². The molecule has 0 aliphatic heterocycles. The summed E-state index contributed by atoms with van der Waals surface area (Å²) in [7, 11) is 0. The molecule has 2 N–H and O–H groups in total. The molecular formula is C17H23FN2OS. The third-order valence-corrected chi connectivity index (χ3v) is 4.80. The molecule has 0 bridgehead atoms. The molecule has 5 heteroatoms. The molecule has 2 atom stereocenters. The van der Waals surface area contributed by atoms with Gasteiger partial charge in [-0.05, 0) is 24.6 Å². The second-order valence-electron chi connectivity index (χ2n) is 6.56. The third kappa shape index (κ3) is 4.35. The number of thiazole rings is 1. The predicted octanol–water partition coefficient (Wildman–Crippen LogP) is 3.79. The van der Waals surface area contributed by atoms with Crippen LogP contribution in [0.25, 0.3) is 0 Å². The first kappa shape index (κ1) is 17.1. The lowest BCUT2D eigenvalue weighted by molar-refractivity contribution is 0.135. The van der Waals surface area contributed by atoms with Crippen LogP contribution < -0.4 is 5.32 Å². The molecule has 0 aliphatic carbocycles. The van der Waals surface area contributed by atoms with E-state index in [1.54, 1.807) is 23.5 Å². The first-order valence-corrected chi connectivity index (χ1v) is 8.27. The number of hydrogen-bond donors (Lipinski definition) is 2.